The highest BCUT2D eigenvalue weighted by Gasteiger charge is 2.38. The molecule has 1 unspecified atom stereocenters. The van der Waals surface area contributed by atoms with E-state index in [9.17, 15) is 23.1 Å². The molecule has 0 radical (unpaired) electrons. The molecule has 1 aliphatic heterocycles. The molecule has 1 aromatic rings. The maximum absolute atomic E-state index is 12.5. The number of nitrogens with zero attached hydrogens (tertiary/aromatic N) is 4. The maximum Gasteiger partial charge on any atom is 0.435 e. The number of alkyl halides is 3. The monoisotopic (exact) mass is 332 g/mol. The molecule has 6 nitrogen and oxygen atoms in total. The Morgan fingerprint density at radius 1 is 1.30 bits per heavy atom. The van der Waals surface area contributed by atoms with E-state index in [1.807, 2.05) is 20.8 Å². The van der Waals surface area contributed by atoms with Gasteiger partial charge in [0.1, 0.15) is 0 Å². The Kier molecular flexibility index (Phi) is 4.41. The first-order chi connectivity index (χ1) is 10.5. The minimum atomic E-state index is -4.52. The van der Waals surface area contributed by atoms with Gasteiger partial charge in [0.15, 0.2) is 11.5 Å². The molecule has 1 aromatic heterocycles. The largest absolute Gasteiger partial charge is 0.465 e. The molecule has 1 saturated heterocycles. The number of amides is 1. The van der Waals surface area contributed by atoms with Crippen molar-refractivity contribution in [1.29, 1.82) is 0 Å². The van der Waals surface area contributed by atoms with Gasteiger partial charge < -0.3 is 10.0 Å². The van der Waals surface area contributed by atoms with Gasteiger partial charge in [0.05, 0.1) is 6.04 Å². The first-order valence-electron chi connectivity index (χ1n) is 7.18. The fourth-order valence-electron chi connectivity index (χ4n) is 2.80. The number of hydrogen-bond acceptors (Lipinski definition) is 4. The molecule has 0 bridgehead atoms. The lowest BCUT2D eigenvalue weighted by atomic mass is 10.0. The van der Waals surface area contributed by atoms with E-state index in [2.05, 4.69) is 10.2 Å². The van der Waals surface area contributed by atoms with Gasteiger partial charge in [-0.05, 0) is 39.3 Å². The van der Waals surface area contributed by atoms with E-state index in [0.29, 0.717) is 25.3 Å². The van der Waals surface area contributed by atoms with Crippen LogP contribution in [0.4, 0.5) is 23.8 Å². The highest BCUT2D eigenvalue weighted by Crippen LogP contribution is 2.29. The number of rotatable bonds is 2. The van der Waals surface area contributed by atoms with Crippen LogP contribution in [0.3, 0.4) is 0 Å². The summed E-state index contributed by atoms with van der Waals surface area (Å²) < 4.78 is 37.5. The molecule has 1 N–H and O–H groups in total. The van der Waals surface area contributed by atoms with E-state index in [1.54, 1.807) is 4.90 Å². The van der Waals surface area contributed by atoms with Crippen LogP contribution in [-0.2, 0) is 6.18 Å². The summed E-state index contributed by atoms with van der Waals surface area (Å²) in [5.74, 6) is 0.319. The zero-order chi connectivity index (χ0) is 17.4. The van der Waals surface area contributed by atoms with E-state index in [4.69, 9.17) is 0 Å². The summed E-state index contributed by atoms with van der Waals surface area (Å²) in [7, 11) is 0. The SMILES string of the molecule is CC(C)(C)N(C(=O)O)C1CCN(c2ccc(C(F)(F)F)nn2)C1. The van der Waals surface area contributed by atoms with Gasteiger partial charge in [0.25, 0.3) is 0 Å². The van der Waals surface area contributed by atoms with Crippen molar-refractivity contribution in [3.8, 4) is 0 Å². The van der Waals surface area contributed by atoms with Gasteiger partial charge in [-0.1, -0.05) is 0 Å². The van der Waals surface area contributed by atoms with Crippen LogP contribution in [0.1, 0.15) is 32.9 Å². The van der Waals surface area contributed by atoms with Gasteiger partial charge in [-0.2, -0.15) is 13.2 Å². The number of aromatic nitrogens is 2. The Morgan fingerprint density at radius 2 is 1.96 bits per heavy atom. The van der Waals surface area contributed by atoms with E-state index in [0.717, 1.165) is 6.07 Å². The Hall–Kier alpha value is -2.06. The molecule has 1 amide bonds. The fraction of sp³-hybridized carbons (Fsp3) is 0.643. The molecule has 1 atom stereocenters. The number of halogens is 3. The summed E-state index contributed by atoms with van der Waals surface area (Å²) in [6.07, 6.45) is -4.94. The molecule has 2 rings (SSSR count). The normalized spacial score (nSPS) is 19.0. The third-order valence-electron chi connectivity index (χ3n) is 3.72. The lowest BCUT2D eigenvalue weighted by molar-refractivity contribution is -0.141. The van der Waals surface area contributed by atoms with Crippen LogP contribution in [0.15, 0.2) is 12.1 Å². The van der Waals surface area contributed by atoms with E-state index in [-0.39, 0.29) is 6.04 Å². The van der Waals surface area contributed by atoms with Gasteiger partial charge in [-0.15, -0.1) is 10.2 Å². The molecule has 9 heteroatoms. The van der Waals surface area contributed by atoms with E-state index < -0.39 is 23.5 Å². The van der Waals surface area contributed by atoms with Crippen LogP contribution in [0.2, 0.25) is 0 Å². The van der Waals surface area contributed by atoms with Gasteiger partial charge in [0.2, 0.25) is 0 Å². The van der Waals surface area contributed by atoms with Crippen LogP contribution < -0.4 is 4.90 Å². The number of carbonyl (C=O) groups is 1. The van der Waals surface area contributed by atoms with Crippen molar-refractivity contribution in [2.75, 3.05) is 18.0 Å². The Morgan fingerprint density at radius 3 is 2.39 bits per heavy atom. The molecular formula is C14H19F3N4O2. The highest BCUT2D eigenvalue weighted by atomic mass is 19.4. The summed E-state index contributed by atoms with van der Waals surface area (Å²) in [4.78, 5) is 14.6. The zero-order valence-electron chi connectivity index (χ0n) is 13.1. The average Bonchev–Trinajstić information content (AvgIpc) is 2.85. The summed E-state index contributed by atoms with van der Waals surface area (Å²) in [5, 5.41) is 16.2. The minimum absolute atomic E-state index is 0.239. The Balaban J connectivity index is 2.12. The van der Waals surface area contributed by atoms with E-state index in [1.165, 1.54) is 11.0 Å². The van der Waals surface area contributed by atoms with Gasteiger partial charge in [-0.3, -0.25) is 4.90 Å². The fourth-order valence-corrected chi connectivity index (χ4v) is 2.80. The standard InChI is InChI=1S/C14H19F3N4O2/c1-13(2,3)21(12(22)23)9-6-7-20(8-9)11-5-4-10(18-19-11)14(15,16)17/h4-5,9H,6-8H2,1-3H3,(H,22,23). The molecule has 0 spiro atoms. The van der Waals surface area contributed by atoms with Crippen LogP contribution in [0.5, 0.6) is 0 Å². The van der Waals surface area contributed by atoms with Gasteiger partial charge in [0, 0.05) is 18.6 Å². The second-order valence-electron chi connectivity index (χ2n) is 6.49. The van der Waals surface area contributed by atoms with E-state index >= 15 is 0 Å². The zero-order valence-corrected chi connectivity index (χ0v) is 13.1. The second-order valence-corrected chi connectivity index (χ2v) is 6.49. The summed E-state index contributed by atoms with van der Waals surface area (Å²) >= 11 is 0. The van der Waals surface area contributed by atoms with Crippen LogP contribution in [-0.4, -0.2) is 51.0 Å². The smallest absolute Gasteiger partial charge is 0.435 e. The maximum atomic E-state index is 12.5. The summed E-state index contributed by atoms with van der Waals surface area (Å²) in [6.45, 7) is 6.32. The molecule has 0 aliphatic carbocycles. The molecule has 0 saturated carbocycles. The van der Waals surface area contributed by atoms with Crippen molar-refractivity contribution < 1.29 is 23.1 Å². The third-order valence-corrected chi connectivity index (χ3v) is 3.72. The van der Waals surface area contributed by atoms with Crippen molar-refractivity contribution in [2.24, 2.45) is 0 Å². The Labute approximate surface area is 131 Å². The van der Waals surface area contributed by atoms with Crippen molar-refractivity contribution in [2.45, 2.75) is 44.9 Å². The molecule has 1 aliphatic rings. The quantitative estimate of drug-likeness (QED) is 0.902. The first kappa shape index (κ1) is 17.3. The van der Waals surface area contributed by atoms with Crippen molar-refractivity contribution in [1.82, 2.24) is 15.1 Å². The minimum Gasteiger partial charge on any atom is -0.465 e. The predicted octanol–water partition coefficient (Wildman–Crippen LogP) is 2.85. The van der Waals surface area contributed by atoms with Crippen molar-refractivity contribution in [3.05, 3.63) is 17.8 Å². The van der Waals surface area contributed by atoms with Crippen LogP contribution in [0.25, 0.3) is 0 Å². The number of hydrogen-bond donors (Lipinski definition) is 1. The molecule has 2 heterocycles. The average molecular weight is 332 g/mol. The second kappa shape index (κ2) is 5.86. The summed E-state index contributed by atoms with van der Waals surface area (Å²) in [6, 6.07) is 1.91. The van der Waals surface area contributed by atoms with Crippen molar-refractivity contribution >= 4 is 11.9 Å². The van der Waals surface area contributed by atoms with Crippen molar-refractivity contribution in [3.63, 3.8) is 0 Å². The van der Waals surface area contributed by atoms with Crippen LogP contribution in [0, 0.1) is 0 Å². The molecule has 23 heavy (non-hydrogen) atoms. The number of anilines is 1. The predicted molar refractivity (Wildman–Crippen MR) is 77.3 cm³/mol. The number of carboxylic acid groups (broad SMARTS) is 1. The van der Waals surface area contributed by atoms with Gasteiger partial charge >= 0.3 is 12.3 Å². The topological polar surface area (TPSA) is 69.6 Å². The highest BCUT2D eigenvalue weighted by molar-refractivity contribution is 5.67. The Bertz CT molecular complexity index is 569. The molecule has 1 fully saturated rings. The first-order valence-corrected chi connectivity index (χ1v) is 7.18. The molecule has 128 valence electrons. The third kappa shape index (κ3) is 3.83. The molecule has 0 aromatic carbocycles. The van der Waals surface area contributed by atoms with Crippen LogP contribution >= 0.6 is 0 Å². The lowest BCUT2D eigenvalue weighted by Crippen LogP contribution is -2.52. The van der Waals surface area contributed by atoms with Gasteiger partial charge in [-0.25, -0.2) is 4.79 Å². The molecular weight excluding hydrogens is 313 g/mol. The lowest BCUT2D eigenvalue weighted by Gasteiger charge is -2.37. The summed E-state index contributed by atoms with van der Waals surface area (Å²) in [5.41, 5.74) is -1.60.